The number of piperazine rings is 1. The van der Waals surface area contributed by atoms with Gasteiger partial charge in [0, 0.05) is 32.2 Å². The van der Waals surface area contributed by atoms with Gasteiger partial charge in [0.2, 0.25) is 10.0 Å². The summed E-state index contributed by atoms with van der Waals surface area (Å²) in [6, 6.07) is 8.28. The van der Waals surface area contributed by atoms with E-state index in [0.29, 0.717) is 37.8 Å². The van der Waals surface area contributed by atoms with Gasteiger partial charge >= 0.3 is 0 Å². The molecule has 0 aliphatic carbocycles. The summed E-state index contributed by atoms with van der Waals surface area (Å²) in [7, 11) is -3.62. The third-order valence-corrected chi connectivity index (χ3v) is 6.71. The molecule has 1 fully saturated rings. The Kier molecular flexibility index (Phi) is 4.77. The van der Waals surface area contributed by atoms with Crippen LogP contribution < -0.4 is 4.90 Å². The molecule has 3 heterocycles. The zero-order valence-electron chi connectivity index (χ0n) is 14.2. The van der Waals surface area contributed by atoms with E-state index in [1.54, 1.807) is 35.3 Å². The molecule has 0 bridgehead atoms. The maximum absolute atomic E-state index is 12.8. The molecule has 2 aromatic heterocycles. The monoisotopic (exact) mass is 405 g/mol. The van der Waals surface area contributed by atoms with Gasteiger partial charge in [0.1, 0.15) is 29.7 Å². The van der Waals surface area contributed by atoms with Crippen LogP contribution in [0.5, 0.6) is 0 Å². The Hall–Kier alpha value is -2.56. The Morgan fingerprint density at radius 2 is 1.70 bits per heavy atom. The Bertz CT molecular complexity index is 1030. The van der Waals surface area contributed by atoms with Crippen LogP contribution in [0.15, 0.2) is 54.2 Å². The van der Waals surface area contributed by atoms with E-state index in [0.717, 1.165) is 0 Å². The minimum Gasteiger partial charge on any atom is -0.354 e. The van der Waals surface area contributed by atoms with Crippen molar-refractivity contribution < 1.29 is 8.42 Å². The summed E-state index contributed by atoms with van der Waals surface area (Å²) >= 11 is 6.07. The van der Waals surface area contributed by atoms with Gasteiger partial charge in [-0.15, -0.1) is 0 Å². The maximum atomic E-state index is 12.8. The van der Waals surface area contributed by atoms with Crippen LogP contribution in [0.25, 0.3) is 5.82 Å². The van der Waals surface area contributed by atoms with Crippen LogP contribution in [0.2, 0.25) is 5.02 Å². The van der Waals surface area contributed by atoms with Crippen molar-refractivity contribution >= 4 is 27.4 Å². The zero-order chi connectivity index (χ0) is 18.9. The van der Waals surface area contributed by atoms with Crippen molar-refractivity contribution in [3.05, 3.63) is 54.3 Å². The first-order chi connectivity index (χ1) is 13.1. The number of sulfonamides is 1. The minimum atomic E-state index is -3.62. The molecule has 0 unspecified atom stereocenters. The summed E-state index contributed by atoms with van der Waals surface area (Å²) in [6.07, 6.45) is 4.44. The average Bonchev–Trinajstić information content (AvgIpc) is 3.23. The first-order valence-corrected chi connectivity index (χ1v) is 10.0. The number of benzene rings is 1. The molecule has 0 atom stereocenters. The van der Waals surface area contributed by atoms with E-state index < -0.39 is 10.0 Å². The van der Waals surface area contributed by atoms with Crippen LogP contribution in [-0.4, -0.2) is 63.6 Å². The molecule has 9 nitrogen and oxygen atoms in total. The number of hydrogen-bond acceptors (Lipinski definition) is 7. The molecule has 0 saturated carbocycles. The highest BCUT2D eigenvalue weighted by Gasteiger charge is 2.30. The summed E-state index contributed by atoms with van der Waals surface area (Å²) in [5, 5.41) is 4.29. The first-order valence-electron chi connectivity index (χ1n) is 8.22. The molecule has 1 aliphatic rings. The number of rotatable bonds is 4. The summed E-state index contributed by atoms with van der Waals surface area (Å²) in [5.41, 5.74) is 0. The van der Waals surface area contributed by atoms with Crippen molar-refractivity contribution in [1.29, 1.82) is 0 Å². The van der Waals surface area contributed by atoms with Crippen LogP contribution in [0.4, 0.5) is 5.82 Å². The number of aromatic nitrogens is 5. The predicted molar refractivity (Wildman–Crippen MR) is 99.4 cm³/mol. The number of anilines is 1. The minimum absolute atomic E-state index is 0.135. The first kappa shape index (κ1) is 17.8. The Morgan fingerprint density at radius 1 is 0.963 bits per heavy atom. The molecule has 11 heteroatoms. The Labute approximate surface area is 161 Å². The van der Waals surface area contributed by atoms with Gasteiger partial charge in [0.15, 0.2) is 5.82 Å². The van der Waals surface area contributed by atoms with Crippen molar-refractivity contribution in [2.45, 2.75) is 4.90 Å². The molecule has 1 saturated heterocycles. The van der Waals surface area contributed by atoms with Crippen molar-refractivity contribution in [2.75, 3.05) is 31.1 Å². The fraction of sp³-hybridized carbons (Fsp3) is 0.250. The van der Waals surface area contributed by atoms with Gasteiger partial charge in [-0.2, -0.15) is 9.40 Å². The molecule has 27 heavy (non-hydrogen) atoms. The third kappa shape index (κ3) is 3.51. The third-order valence-electron chi connectivity index (χ3n) is 4.31. The topological polar surface area (TPSA) is 97.1 Å². The van der Waals surface area contributed by atoms with E-state index in [-0.39, 0.29) is 9.92 Å². The highest BCUT2D eigenvalue weighted by molar-refractivity contribution is 7.89. The maximum Gasteiger partial charge on any atom is 0.244 e. The van der Waals surface area contributed by atoms with Crippen LogP contribution in [-0.2, 0) is 10.0 Å². The molecule has 140 valence electrons. The van der Waals surface area contributed by atoms with E-state index >= 15 is 0 Å². The average molecular weight is 406 g/mol. The highest BCUT2D eigenvalue weighted by Crippen LogP contribution is 2.25. The lowest BCUT2D eigenvalue weighted by atomic mass is 10.3. The van der Waals surface area contributed by atoms with Crippen molar-refractivity contribution in [3.8, 4) is 5.82 Å². The van der Waals surface area contributed by atoms with E-state index in [1.165, 1.54) is 23.0 Å². The van der Waals surface area contributed by atoms with Crippen LogP contribution in [0.1, 0.15) is 0 Å². The summed E-state index contributed by atoms with van der Waals surface area (Å²) in [5.74, 6) is 1.31. The van der Waals surface area contributed by atoms with Crippen LogP contribution >= 0.6 is 11.6 Å². The molecule has 1 aromatic carbocycles. The number of nitrogens with zero attached hydrogens (tertiary/aromatic N) is 7. The molecule has 0 radical (unpaired) electrons. The van der Waals surface area contributed by atoms with E-state index in [1.807, 2.05) is 4.90 Å². The smallest absolute Gasteiger partial charge is 0.244 e. The Balaban J connectivity index is 1.50. The molecule has 0 amide bonds. The molecule has 0 spiro atoms. The Morgan fingerprint density at radius 3 is 2.41 bits per heavy atom. The molecule has 0 N–H and O–H groups in total. The predicted octanol–water partition coefficient (Wildman–Crippen LogP) is 1.22. The summed E-state index contributed by atoms with van der Waals surface area (Å²) in [4.78, 5) is 14.5. The molecular weight excluding hydrogens is 390 g/mol. The van der Waals surface area contributed by atoms with Crippen molar-refractivity contribution in [2.24, 2.45) is 0 Å². The van der Waals surface area contributed by atoms with E-state index in [2.05, 4.69) is 20.1 Å². The fourth-order valence-electron chi connectivity index (χ4n) is 2.91. The normalized spacial score (nSPS) is 15.8. The zero-order valence-corrected chi connectivity index (χ0v) is 15.8. The van der Waals surface area contributed by atoms with E-state index in [4.69, 9.17) is 11.6 Å². The van der Waals surface area contributed by atoms with Gasteiger partial charge in [0.25, 0.3) is 0 Å². The second kappa shape index (κ2) is 7.22. The molecule has 4 rings (SSSR count). The number of halogens is 1. The summed E-state index contributed by atoms with van der Waals surface area (Å²) < 4.78 is 28.7. The van der Waals surface area contributed by atoms with Gasteiger partial charge in [-0.1, -0.05) is 23.7 Å². The molecule has 3 aromatic rings. The second-order valence-corrected chi connectivity index (χ2v) is 8.21. The fourth-order valence-corrected chi connectivity index (χ4v) is 4.83. The quantitative estimate of drug-likeness (QED) is 0.643. The lowest BCUT2D eigenvalue weighted by Gasteiger charge is -2.34. The SMILES string of the molecule is O=S(=O)(c1ccccc1Cl)N1CCN(c2cc(-n3cncn3)ncn2)CC1. The number of hydrogen-bond donors (Lipinski definition) is 0. The largest absolute Gasteiger partial charge is 0.354 e. The van der Waals surface area contributed by atoms with Gasteiger partial charge in [0.05, 0.1) is 5.02 Å². The van der Waals surface area contributed by atoms with Crippen LogP contribution in [0.3, 0.4) is 0 Å². The lowest BCUT2D eigenvalue weighted by Crippen LogP contribution is -2.49. The van der Waals surface area contributed by atoms with Gasteiger partial charge in [-0.3, -0.25) is 0 Å². The van der Waals surface area contributed by atoms with Crippen LogP contribution in [0, 0.1) is 0 Å². The van der Waals surface area contributed by atoms with Crippen molar-refractivity contribution in [3.63, 3.8) is 0 Å². The van der Waals surface area contributed by atoms with Crippen molar-refractivity contribution in [1.82, 2.24) is 29.0 Å². The standard InChI is InChI=1S/C16H16ClN7O2S/c17-13-3-1-2-4-14(13)27(25,26)23-7-5-22(6-8-23)15-9-16(20-11-19-15)24-12-18-10-21-24/h1-4,9-12H,5-8H2. The van der Waals surface area contributed by atoms with Gasteiger partial charge in [-0.25, -0.2) is 28.1 Å². The second-order valence-electron chi connectivity index (χ2n) is 5.90. The van der Waals surface area contributed by atoms with Gasteiger partial charge in [-0.05, 0) is 12.1 Å². The molecular formula is C16H16ClN7O2S. The van der Waals surface area contributed by atoms with Gasteiger partial charge < -0.3 is 4.90 Å². The van der Waals surface area contributed by atoms with E-state index in [9.17, 15) is 8.42 Å². The highest BCUT2D eigenvalue weighted by atomic mass is 35.5. The molecule has 1 aliphatic heterocycles. The lowest BCUT2D eigenvalue weighted by molar-refractivity contribution is 0.383. The summed E-state index contributed by atoms with van der Waals surface area (Å²) in [6.45, 7) is 1.71.